The molecule has 1 saturated carbocycles. The maximum absolute atomic E-state index is 11.9. The number of carbonyl (C=O) groups is 1. The first-order valence-corrected chi connectivity index (χ1v) is 9.36. The fraction of sp³-hybridized carbons (Fsp3) is 0.615. The topological polar surface area (TPSA) is 89.3 Å². The molecule has 1 fully saturated rings. The summed E-state index contributed by atoms with van der Waals surface area (Å²) in [6, 6.07) is 0.299. The molecule has 2 atom stereocenters. The zero-order valence-corrected chi connectivity index (χ0v) is 13.5. The maximum Gasteiger partial charge on any atom is 0.180 e. The third kappa shape index (κ3) is 2.98. The Morgan fingerprint density at radius 1 is 1.50 bits per heavy atom. The van der Waals surface area contributed by atoms with E-state index in [4.69, 9.17) is 5.73 Å². The molecule has 3 N–H and O–H groups in total. The highest BCUT2D eigenvalue weighted by Crippen LogP contribution is 2.44. The van der Waals surface area contributed by atoms with E-state index in [0.29, 0.717) is 21.8 Å². The van der Waals surface area contributed by atoms with E-state index >= 15 is 0 Å². The first-order valence-electron chi connectivity index (χ1n) is 6.65. The third-order valence-electron chi connectivity index (χ3n) is 3.49. The standard InChI is InChI=1S/C13H20N2O3S2/c1-4-5-8-6-9(8)15-13-12(20(3,17)18)10(14)11(19-13)7(2)16/h8-9,15H,4-6,14H2,1-3H3. The summed E-state index contributed by atoms with van der Waals surface area (Å²) in [5.41, 5.74) is 5.93. The van der Waals surface area contributed by atoms with Gasteiger partial charge in [0.25, 0.3) is 0 Å². The zero-order chi connectivity index (χ0) is 15.1. The Labute approximate surface area is 123 Å². The zero-order valence-electron chi connectivity index (χ0n) is 11.9. The lowest BCUT2D eigenvalue weighted by molar-refractivity contribution is 0.102. The van der Waals surface area contributed by atoms with Gasteiger partial charge in [0.05, 0.1) is 10.6 Å². The van der Waals surface area contributed by atoms with Crippen LogP contribution in [0, 0.1) is 5.92 Å². The lowest BCUT2D eigenvalue weighted by Gasteiger charge is -2.06. The number of hydrogen-bond donors (Lipinski definition) is 2. The number of ketones is 1. The monoisotopic (exact) mass is 316 g/mol. The highest BCUT2D eigenvalue weighted by Gasteiger charge is 2.38. The number of sulfone groups is 1. The molecule has 7 heteroatoms. The molecule has 0 radical (unpaired) electrons. The highest BCUT2D eigenvalue weighted by atomic mass is 32.2. The van der Waals surface area contributed by atoms with Crippen molar-refractivity contribution in [3.05, 3.63) is 4.88 Å². The van der Waals surface area contributed by atoms with Crippen LogP contribution in [0.2, 0.25) is 0 Å². The first kappa shape index (κ1) is 15.3. The number of carbonyl (C=O) groups excluding carboxylic acids is 1. The normalized spacial score (nSPS) is 21.8. The molecule has 112 valence electrons. The summed E-state index contributed by atoms with van der Waals surface area (Å²) in [7, 11) is -3.45. The second-order valence-electron chi connectivity index (χ2n) is 5.37. The van der Waals surface area contributed by atoms with E-state index < -0.39 is 9.84 Å². The van der Waals surface area contributed by atoms with Crippen molar-refractivity contribution in [1.82, 2.24) is 0 Å². The lowest BCUT2D eigenvalue weighted by Crippen LogP contribution is -2.08. The Balaban J connectivity index is 2.33. The van der Waals surface area contributed by atoms with Gasteiger partial charge in [-0.3, -0.25) is 4.79 Å². The van der Waals surface area contributed by atoms with Crippen LogP contribution in [0.5, 0.6) is 0 Å². The van der Waals surface area contributed by atoms with E-state index in [-0.39, 0.29) is 16.4 Å². The third-order valence-corrected chi connectivity index (χ3v) is 6.02. The van der Waals surface area contributed by atoms with Crippen molar-refractivity contribution in [2.75, 3.05) is 17.3 Å². The Kier molecular flexibility index (Phi) is 4.11. The van der Waals surface area contributed by atoms with Gasteiger partial charge in [0.15, 0.2) is 15.6 Å². The van der Waals surface area contributed by atoms with E-state index in [1.165, 1.54) is 6.92 Å². The number of anilines is 2. The van der Waals surface area contributed by atoms with Gasteiger partial charge in [0.2, 0.25) is 0 Å². The Morgan fingerprint density at radius 3 is 2.65 bits per heavy atom. The molecule has 1 aliphatic carbocycles. The van der Waals surface area contributed by atoms with Crippen molar-refractivity contribution >= 4 is 37.6 Å². The van der Waals surface area contributed by atoms with E-state index in [1.807, 2.05) is 0 Å². The largest absolute Gasteiger partial charge is 0.396 e. The van der Waals surface area contributed by atoms with Crippen LogP contribution in [-0.4, -0.2) is 26.5 Å². The summed E-state index contributed by atoms with van der Waals surface area (Å²) in [6.07, 6.45) is 4.42. The van der Waals surface area contributed by atoms with Crippen molar-refractivity contribution < 1.29 is 13.2 Å². The molecule has 2 rings (SSSR count). The van der Waals surface area contributed by atoms with Gasteiger partial charge >= 0.3 is 0 Å². The predicted molar refractivity (Wildman–Crippen MR) is 82.3 cm³/mol. The van der Waals surface area contributed by atoms with Crippen LogP contribution >= 0.6 is 11.3 Å². The minimum absolute atomic E-state index is 0.0786. The van der Waals surface area contributed by atoms with Gasteiger partial charge in [-0.05, 0) is 18.8 Å². The number of nitrogen functional groups attached to an aromatic ring is 1. The Hall–Kier alpha value is -1.08. The van der Waals surface area contributed by atoms with E-state index in [2.05, 4.69) is 12.2 Å². The van der Waals surface area contributed by atoms with Crippen molar-refractivity contribution in [2.24, 2.45) is 5.92 Å². The van der Waals surface area contributed by atoms with Crippen molar-refractivity contribution in [3.63, 3.8) is 0 Å². The molecule has 0 bridgehead atoms. The van der Waals surface area contributed by atoms with E-state index in [0.717, 1.165) is 36.9 Å². The summed E-state index contributed by atoms with van der Waals surface area (Å²) >= 11 is 1.14. The average molecular weight is 316 g/mol. The second-order valence-corrected chi connectivity index (χ2v) is 8.34. The molecule has 1 heterocycles. The molecule has 2 unspecified atom stereocenters. The van der Waals surface area contributed by atoms with E-state index in [1.54, 1.807) is 0 Å². The Bertz CT molecular complexity index is 634. The van der Waals surface area contributed by atoms with Crippen LogP contribution in [0.3, 0.4) is 0 Å². The Morgan fingerprint density at radius 2 is 2.15 bits per heavy atom. The molecule has 1 aromatic rings. The summed E-state index contributed by atoms with van der Waals surface area (Å²) in [6.45, 7) is 3.53. The van der Waals surface area contributed by atoms with Crippen molar-refractivity contribution in [1.29, 1.82) is 0 Å². The van der Waals surface area contributed by atoms with Gasteiger partial charge in [0, 0.05) is 19.2 Å². The molecule has 5 nitrogen and oxygen atoms in total. The molecule has 0 aromatic carbocycles. The van der Waals surface area contributed by atoms with Crippen LogP contribution in [-0.2, 0) is 9.84 Å². The number of Topliss-reactive ketones (excluding diaryl/α,β-unsaturated/α-hetero) is 1. The molecule has 0 spiro atoms. The second kappa shape index (κ2) is 5.37. The summed E-state index contributed by atoms with van der Waals surface area (Å²) in [5, 5.41) is 3.76. The smallest absolute Gasteiger partial charge is 0.180 e. The van der Waals surface area contributed by atoms with Crippen LogP contribution in [0.25, 0.3) is 0 Å². The highest BCUT2D eigenvalue weighted by molar-refractivity contribution is 7.91. The van der Waals surface area contributed by atoms with Crippen LogP contribution in [0.15, 0.2) is 4.90 Å². The molecule has 20 heavy (non-hydrogen) atoms. The molecule has 0 aliphatic heterocycles. The van der Waals surface area contributed by atoms with Gasteiger partial charge in [-0.1, -0.05) is 13.3 Å². The van der Waals surface area contributed by atoms with Crippen LogP contribution in [0.1, 0.15) is 42.8 Å². The number of nitrogens with two attached hydrogens (primary N) is 1. The number of nitrogens with one attached hydrogen (secondary N) is 1. The van der Waals surface area contributed by atoms with Gasteiger partial charge < -0.3 is 11.1 Å². The minimum atomic E-state index is -3.45. The molecular formula is C13H20N2O3S2. The summed E-state index contributed by atoms with van der Waals surface area (Å²) in [4.78, 5) is 11.9. The molecule has 0 amide bonds. The van der Waals surface area contributed by atoms with E-state index in [9.17, 15) is 13.2 Å². The van der Waals surface area contributed by atoms with Gasteiger partial charge in [0.1, 0.15) is 9.90 Å². The quantitative estimate of drug-likeness (QED) is 0.787. The minimum Gasteiger partial charge on any atom is -0.396 e. The van der Waals surface area contributed by atoms with Crippen LogP contribution < -0.4 is 11.1 Å². The van der Waals surface area contributed by atoms with Gasteiger partial charge in [-0.2, -0.15) is 0 Å². The number of rotatable bonds is 6. The molecule has 1 aromatic heterocycles. The van der Waals surface area contributed by atoms with Crippen molar-refractivity contribution in [3.8, 4) is 0 Å². The SMILES string of the molecule is CCCC1CC1Nc1sc(C(C)=O)c(N)c1S(C)(=O)=O. The molecule has 0 saturated heterocycles. The lowest BCUT2D eigenvalue weighted by atomic mass is 10.2. The molecule has 1 aliphatic rings. The van der Waals surface area contributed by atoms with Gasteiger partial charge in [-0.15, -0.1) is 11.3 Å². The van der Waals surface area contributed by atoms with Gasteiger partial charge in [-0.25, -0.2) is 8.42 Å². The summed E-state index contributed by atoms with van der Waals surface area (Å²) in [5.74, 6) is 0.392. The van der Waals surface area contributed by atoms with Crippen LogP contribution in [0.4, 0.5) is 10.7 Å². The summed E-state index contributed by atoms with van der Waals surface area (Å²) < 4.78 is 23.8. The fourth-order valence-corrected chi connectivity index (χ4v) is 4.95. The number of thiophene rings is 1. The average Bonchev–Trinajstić information content (AvgIpc) is 2.91. The number of hydrogen-bond acceptors (Lipinski definition) is 6. The fourth-order valence-electron chi connectivity index (χ4n) is 2.44. The maximum atomic E-state index is 11.9. The van der Waals surface area contributed by atoms with Crippen molar-refractivity contribution in [2.45, 2.75) is 44.0 Å². The molecular weight excluding hydrogens is 296 g/mol. The first-order chi connectivity index (χ1) is 9.25. The predicted octanol–water partition coefficient (Wildman–Crippen LogP) is 2.54.